The van der Waals surface area contributed by atoms with E-state index in [9.17, 15) is 4.39 Å². The average Bonchev–Trinajstić information content (AvgIpc) is 2.07. The van der Waals surface area contributed by atoms with Crippen LogP contribution in [0.5, 0.6) is 0 Å². The van der Waals surface area contributed by atoms with Crippen molar-refractivity contribution in [3.8, 4) is 6.07 Å². The van der Waals surface area contributed by atoms with E-state index in [0.717, 1.165) is 6.07 Å². The first-order valence-electron chi connectivity index (χ1n) is 3.21. The highest BCUT2D eigenvalue weighted by molar-refractivity contribution is 5.98. The fourth-order valence-electron chi connectivity index (χ4n) is 0.798. The summed E-state index contributed by atoms with van der Waals surface area (Å²) >= 11 is 0. The maximum atomic E-state index is 12.6. The van der Waals surface area contributed by atoms with Gasteiger partial charge in [0.05, 0.1) is 5.57 Å². The molecule has 0 atom stereocenters. The number of nitrogens with zero attached hydrogens (tertiary/aromatic N) is 2. The molecule has 3 heteroatoms. The first-order valence-corrected chi connectivity index (χ1v) is 3.21. The molecule has 0 aliphatic rings. The number of benzene rings is 1. The standard InChI is InChI=1S/C9H4FN2/c10-9-3-1-2-7(4-9)8(5-11)6-12/h1-4H/q-1. The second-order valence-electron chi connectivity index (χ2n) is 2.11. The first kappa shape index (κ1) is 8.19. The number of hydrogen-bond acceptors (Lipinski definition) is 1. The van der Waals surface area contributed by atoms with Crippen LogP contribution in [0, 0.1) is 17.1 Å². The summed E-state index contributed by atoms with van der Waals surface area (Å²) in [7, 11) is 0. The van der Waals surface area contributed by atoms with Gasteiger partial charge in [0.2, 0.25) is 0 Å². The summed E-state index contributed by atoms with van der Waals surface area (Å²) in [4.78, 5) is 0. The second kappa shape index (κ2) is 3.47. The number of hydrogen-bond donors (Lipinski definition) is 0. The van der Waals surface area contributed by atoms with Crippen LogP contribution in [0.4, 0.5) is 4.39 Å². The fourth-order valence-corrected chi connectivity index (χ4v) is 0.798. The van der Waals surface area contributed by atoms with Gasteiger partial charge in [0.15, 0.2) is 0 Å². The number of allylic oxidation sites excluding steroid dienone is 1. The van der Waals surface area contributed by atoms with Crippen LogP contribution in [0.1, 0.15) is 5.56 Å². The van der Waals surface area contributed by atoms with E-state index < -0.39 is 5.82 Å². The van der Waals surface area contributed by atoms with Crippen molar-refractivity contribution in [3.05, 3.63) is 41.1 Å². The molecule has 0 aromatic heterocycles. The lowest BCUT2D eigenvalue weighted by Gasteiger charge is -1.96. The van der Waals surface area contributed by atoms with Crippen molar-refractivity contribution < 1.29 is 4.39 Å². The van der Waals surface area contributed by atoms with Gasteiger partial charge in [-0.25, -0.2) is 10.3 Å². The van der Waals surface area contributed by atoms with E-state index in [1.165, 1.54) is 18.2 Å². The molecule has 12 heavy (non-hydrogen) atoms. The number of nitriles is 1. The van der Waals surface area contributed by atoms with Gasteiger partial charge in [-0.1, -0.05) is 12.1 Å². The minimum atomic E-state index is -0.449. The lowest BCUT2D eigenvalue weighted by atomic mass is 10.1. The Kier molecular flexibility index (Phi) is 2.37. The molecule has 0 fully saturated rings. The third kappa shape index (κ3) is 1.57. The van der Waals surface area contributed by atoms with Crippen LogP contribution in [0.15, 0.2) is 24.3 Å². The molecule has 0 unspecified atom stereocenters. The van der Waals surface area contributed by atoms with Gasteiger partial charge in [-0.15, -0.1) is 0 Å². The predicted molar refractivity (Wildman–Crippen MR) is 43.8 cm³/mol. The molecule has 58 valence electrons. The van der Waals surface area contributed by atoms with Crippen molar-refractivity contribution >= 4 is 11.4 Å². The molecule has 0 N–H and O–H groups in total. The van der Waals surface area contributed by atoms with Crippen molar-refractivity contribution in [2.75, 3.05) is 0 Å². The molecule has 2 nitrogen and oxygen atoms in total. The third-order valence-corrected chi connectivity index (χ3v) is 1.34. The van der Waals surface area contributed by atoms with Gasteiger partial charge in [0, 0.05) is 5.56 Å². The number of halogens is 1. The Bertz CT molecular complexity index is 384. The highest BCUT2D eigenvalue weighted by Gasteiger charge is 1.97. The van der Waals surface area contributed by atoms with Crippen LogP contribution in [0.25, 0.3) is 11.0 Å². The zero-order valence-electron chi connectivity index (χ0n) is 6.08. The average molecular weight is 159 g/mol. The Morgan fingerprint density at radius 1 is 1.50 bits per heavy atom. The van der Waals surface area contributed by atoms with E-state index >= 15 is 0 Å². The molecule has 0 spiro atoms. The largest absolute Gasteiger partial charge is 0.762 e. The molecule has 0 aliphatic carbocycles. The zero-order chi connectivity index (χ0) is 8.97. The van der Waals surface area contributed by atoms with Crippen molar-refractivity contribution in [2.45, 2.75) is 0 Å². The highest BCUT2D eigenvalue weighted by Crippen LogP contribution is 2.11. The molecule has 0 aliphatic heterocycles. The zero-order valence-corrected chi connectivity index (χ0v) is 6.08. The minimum Gasteiger partial charge on any atom is -0.762 e. The van der Waals surface area contributed by atoms with E-state index in [4.69, 9.17) is 10.7 Å². The maximum Gasteiger partial charge on any atom is 0.123 e. The topological polar surface area (TPSA) is 46.1 Å². The molecular weight excluding hydrogens is 155 g/mol. The molecule has 0 heterocycles. The lowest BCUT2D eigenvalue weighted by molar-refractivity contribution is 0.627. The summed E-state index contributed by atoms with van der Waals surface area (Å²) in [5, 5.41) is 16.9. The summed E-state index contributed by atoms with van der Waals surface area (Å²) in [6.07, 6.45) is 0. The highest BCUT2D eigenvalue weighted by atomic mass is 19.1. The minimum absolute atomic E-state index is 0.0745. The van der Waals surface area contributed by atoms with Crippen LogP contribution >= 0.6 is 0 Å². The van der Waals surface area contributed by atoms with Gasteiger partial charge in [-0.2, -0.15) is 5.26 Å². The van der Waals surface area contributed by atoms with Gasteiger partial charge in [-0.05, 0) is 12.1 Å². The molecule has 1 aromatic carbocycles. The molecule has 0 saturated heterocycles. The Morgan fingerprint density at radius 2 is 2.25 bits per heavy atom. The molecule has 0 amide bonds. The first-order chi connectivity index (χ1) is 5.77. The summed E-state index contributed by atoms with van der Waals surface area (Å²) in [6.45, 7) is 0. The number of rotatable bonds is 1. The smallest absolute Gasteiger partial charge is 0.123 e. The molecule has 0 radical (unpaired) electrons. The summed E-state index contributed by atoms with van der Waals surface area (Å²) in [5.74, 6) is 1.24. The van der Waals surface area contributed by atoms with Crippen molar-refractivity contribution in [1.29, 1.82) is 5.26 Å². The summed E-state index contributed by atoms with van der Waals surface area (Å²) in [6, 6.07) is 7.07. The summed E-state index contributed by atoms with van der Waals surface area (Å²) in [5.41, 5.74) is 0.245. The van der Waals surface area contributed by atoms with E-state index in [0.29, 0.717) is 5.56 Å². The Morgan fingerprint density at radius 3 is 2.75 bits per heavy atom. The van der Waals surface area contributed by atoms with Gasteiger partial charge in [0.1, 0.15) is 11.9 Å². The van der Waals surface area contributed by atoms with Crippen LogP contribution < -0.4 is 0 Å². The maximum absolute atomic E-state index is 12.6. The normalized spacial score (nSPS) is 8.33. The quantitative estimate of drug-likeness (QED) is 0.456. The van der Waals surface area contributed by atoms with Crippen LogP contribution in [0.3, 0.4) is 0 Å². The lowest BCUT2D eigenvalue weighted by Crippen LogP contribution is -1.82. The van der Waals surface area contributed by atoms with Gasteiger partial charge in [-0.3, -0.25) is 0 Å². The van der Waals surface area contributed by atoms with E-state index in [1.807, 2.05) is 0 Å². The Hall–Kier alpha value is -1.91. The van der Waals surface area contributed by atoms with Crippen molar-refractivity contribution in [3.63, 3.8) is 0 Å². The van der Waals surface area contributed by atoms with Gasteiger partial charge in [0.25, 0.3) is 0 Å². The molecule has 1 aromatic rings. The fraction of sp³-hybridized carbons (Fsp3) is 0. The van der Waals surface area contributed by atoms with Crippen molar-refractivity contribution in [2.24, 2.45) is 0 Å². The Balaban J connectivity index is 3.22. The SMILES string of the molecule is N#CC(=C=[N-])c1cccc(F)c1. The van der Waals surface area contributed by atoms with E-state index in [-0.39, 0.29) is 5.57 Å². The monoisotopic (exact) mass is 159 g/mol. The molecule has 0 saturated carbocycles. The third-order valence-electron chi connectivity index (χ3n) is 1.34. The molecule has 0 bridgehead atoms. The van der Waals surface area contributed by atoms with E-state index in [2.05, 4.69) is 0 Å². The Labute approximate surface area is 69.1 Å². The van der Waals surface area contributed by atoms with Crippen LogP contribution in [-0.2, 0) is 0 Å². The van der Waals surface area contributed by atoms with E-state index in [1.54, 1.807) is 11.9 Å². The van der Waals surface area contributed by atoms with Crippen molar-refractivity contribution in [1.82, 2.24) is 0 Å². The van der Waals surface area contributed by atoms with Crippen LogP contribution in [0.2, 0.25) is 0 Å². The second-order valence-corrected chi connectivity index (χ2v) is 2.11. The van der Waals surface area contributed by atoms with Gasteiger partial charge >= 0.3 is 0 Å². The predicted octanol–water partition coefficient (Wildman–Crippen LogP) is 1.97. The van der Waals surface area contributed by atoms with Gasteiger partial charge < -0.3 is 5.41 Å². The summed E-state index contributed by atoms with van der Waals surface area (Å²) < 4.78 is 12.6. The molecule has 1 rings (SSSR count). The van der Waals surface area contributed by atoms with Crippen LogP contribution in [-0.4, -0.2) is 5.87 Å². The molecular formula is C9H4FN2-.